The number of benzene rings is 1. The Balaban J connectivity index is 2.27. The number of hydrogen-bond acceptors (Lipinski definition) is 5. The molecule has 0 bridgehead atoms. The largest absolute Gasteiger partial charge is 0.363 e. The fourth-order valence-electron chi connectivity index (χ4n) is 2.24. The highest BCUT2D eigenvalue weighted by Crippen LogP contribution is 2.32. The summed E-state index contributed by atoms with van der Waals surface area (Å²) in [6.45, 7) is 8.46. The number of rotatable bonds is 3. The lowest BCUT2D eigenvalue weighted by Gasteiger charge is -2.29. The van der Waals surface area contributed by atoms with E-state index in [-0.39, 0.29) is 11.6 Å². The first kappa shape index (κ1) is 16.2. The van der Waals surface area contributed by atoms with Crippen molar-refractivity contribution in [2.45, 2.75) is 20.8 Å². The number of nitrogens with zero attached hydrogens (tertiary/aromatic N) is 2. The highest BCUT2D eigenvalue weighted by Gasteiger charge is 2.24. The van der Waals surface area contributed by atoms with E-state index in [0.29, 0.717) is 11.4 Å². The van der Waals surface area contributed by atoms with E-state index in [1.54, 1.807) is 32.9 Å². The van der Waals surface area contributed by atoms with E-state index >= 15 is 0 Å². The van der Waals surface area contributed by atoms with Crippen LogP contribution < -0.4 is 15.5 Å². The second-order valence-electron chi connectivity index (χ2n) is 6.40. The van der Waals surface area contributed by atoms with E-state index < -0.39 is 10.3 Å². The van der Waals surface area contributed by atoms with Crippen LogP contribution in [-0.2, 0) is 4.79 Å². The third kappa shape index (κ3) is 3.73. The maximum atomic E-state index is 12.0. The standard InChI is InChI=1S/C15H22N4O3/c1-15(2,3)14(20)17-11-4-5-12(13(10-11)19(21)22)18-8-6-16-7-9-18/h4-5,10,16H,6-9H2,1-3H3,(H,17,20). The van der Waals surface area contributed by atoms with Gasteiger partial charge in [-0.25, -0.2) is 0 Å². The van der Waals surface area contributed by atoms with Gasteiger partial charge >= 0.3 is 0 Å². The fourth-order valence-corrected chi connectivity index (χ4v) is 2.24. The topological polar surface area (TPSA) is 87.5 Å². The maximum absolute atomic E-state index is 12.0. The Labute approximate surface area is 129 Å². The molecule has 1 heterocycles. The Hall–Kier alpha value is -2.15. The maximum Gasteiger partial charge on any atom is 0.294 e. The van der Waals surface area contributed by atoms with Gasteiger partial charge in [0.15, 0.2) is 0 Å². The Morgan fingerprint density at radius 2 is 1.95 bits per heavy atom. The van der Waals surface area contributed by atoms with Crippen molar-refractivity contribution < 1.29 is 9.72 Å². The van der Waals surface area contributed by atoms with Crippen molar-refractivity contribution in [2.24, 2.45) is 5.41 Å². The molecule has 7 heteroatoms. The zero-order chi connectivity index (χ0) is 16.3. The lowest BCUT2D eigenvalue weighted by atomic mass is 9.95. The zero-order valence-electron chi connectivity index (χ0n) is 13.2. The van der Waals surface area contributed by atoms with Crippen LogP contribution in [0.2, 0.25) is 0 Å². The van der Waals surface area contributed by atoms with Crippen LogP contribution in [0, 0.1) is 15.5 Å². The summed E-state index contributed by atoms with van der Waals surface area (Å²) in [7, 11) is 0. The minimum absolute atomic E-state index is 0.0219. The normalized spacial score (nSPS) is 15.5. The molecule has 0 saturated carbocycles. The molecule has 1 amide bonds. The molecule has 2 N–H and O–H groups in total. The van der Waals surface area contributed by atoms with Gasteiger partial charge in [0, 0.05) is 43.3 Å². The molecule has 1 aliphatic rings. The lowest BCUT2D eigenvalue weighted by Crippen LogP contribution is -2.43. The van der Waals surface area contributed by atoms with Crippen LogP contribution in [0.5, 0.6) is 0 Å². The van der Waals surface area contributed by atoms with Gasteiger partial charge in [-0.05, 0) is 12.1 Å². The third-order valence-electron chi connectivity index (χ3n) is 3.57. The molecule has 0 unspecified atom stereocenters. The quantitative estimate of drug-likeness (QED) is 0.658. The van der Waals surface area contributed by atoms with Crippen molar-refractivity contribution >= 4 is 23.0 Å². The molecule has 0 aliphatic carbocycles. The molecule has 0 radical (unpaired) electrons. The molecule has 0 atom stereocenters. The van der Waals surface area contributed by atoms with Crippen LogP contribution in [0.15, 0.2) is 18.2 Å². The summed E-state index contributed by atoms with van der Waals surface area (Å²) < 4.78 is 0. The molecule has 1 saturated heterocycles. The average molecular weight is 306 g/mol. The molecule has 0 aromatic heterocycles. The number of carbonyl (C=O) groups is 1. The number of amides is 1. The van der Waals surface area contributed by atoms with E-state index in [0.717, 1.165) is 26.2 Å². The Kier molecular flexibility index (Phi) is 4.65. The molecule has 1 fully saturated rings. The molecule has 7 nitrogen and oxygen atoms in total. The minimum Gasteiger partial charge on any atom is -0.363 e. The van der Waals surface area contributed by atoms with Crippen molar-refractivity contribution in [1.29, 1.82) is 0 Å². The highest BCUT2D eigenvalue weighted by atomic mass is 16.6. The van der Waals surface area contributed by atoms with Crippen LogP contribution >= 0.6 is 0 Å². The smallest absolute Gasteiger partial charge is 0.294 e. The second kappa shape index (κ2) is 6.31. The molecule has 0 spiro atoms. The number of hydrogen-bond donors (Lipinski definition) is 2. The van der Waals surface area contributed by atoms with E-state index in [1.165, 1.54) is 6.07 Å². The second-order valence-corrected chi connectivity index (χ2v) is 6.40. The average Bonchev–Trinajstić information content (AvgIpc) is 2.47. The Morgan fingerprint density at radius 3 is 2.50 bits per heavy atom. The minimum atomic E-state index is -0.550. The molecular formula is C15H22N4O3. The number of nitro benzene ring substituents is 1. The summed E-state index contributed by atoms with van der Waals surface area (Å²) in [6, 6.07) is 4.86. The third-order valence-corrected chi connectivity index (χ3v) is 3.57. The Morgan fingerprint density at radius 1 is 1.32 bits per heavy atom. The molecule has 120 valence electrons. The number of piperazine rings is 1. The van der Waals surface area contributed by atoms with Crippen molar-refractivity contribution in [1.82, 2.24) is 5.32 Å². The van der Waals surface area contributed by atoms with E-state index in [4.69, 9.17) is 0 Å². The molecule has 1 aromatic carbocycles. The first-order valence-corrected chi connectivity index (χ1v) is 7.34. The van der Waals surface area contributed by atoms with E-state index in [2.05, 4.69) is 10.6 Å². The predicted octanol–water partition coefficient (Wildman–Crippen LogP) is 1.99. The van der Waals surface area contributed by atoms with Crippen LogP contribution in [0.3, 0.4) is 0 Å². The highest BCUT2D eigenvalue weighted by molar-refractivity contribution is 5.95. The first-order chi connectivity index (χ1) is 10.3. The van der Waals surface area contributed by atoms with Crippen LogP contribution in [0.25, 0.3) is 0 Å². The van der Waals surface area contributed by atoms with Gasteiger partial charge in [0.1, 0.15) is 5.69 Å². The van der Waals surface area contributed by atoms with Gasteiger partial charge in [0.25, 0.3) is 5.69 Å². The van der Waals surface area contributed by atoms with Gasteiger partial charge in [-0.15, -0.1) is 0 Å². The number of carbonyl (C=O) groups excluding carboxylic acids is 1. The van der Waals surface area contributed by atoms with Crippen molar-refractivity contribution in [3.8, 4) is 0 Å². The van der Waals surface area contributed by atoms with Crippen molar-refractivity contribution in [2.75, 3.05) is 36.4 Å². The van der Waals surface area contributed by atoms with Gasteiger partial charge in [-0.3, -0.25) is 14.9 Å². The molecule has 2 rings (SSSR count). The summed E-state index contributed by atoms with van der Waals surface area (Å²) in [4.78, 5) is 24.9. The SMILES string of the molecule is CC(C)(C)C(=O)Nc1ccc(N2CCNCC2)c([N+](=O)[O-])c1. The molecule has 1 aliphatic heterocycles. The summed E-state index contributed by atoms with van der Waals surface area (Å²) in [6.07, 6.45) is 0. The number of nitro groups is 1. The van der Waals surface area contributed by atoms with Crippen molar-refractivity contribution in [3.05, 3.63) is 28.3 Å². The monoisotopic (exact) mass is 306 g/mol. The zero-order valence-corrected chi connectivity index (χ0v) is 13.2. The van der Waals surface area contributed by atoms with Crippen LogP contribution in [-0.4, -0.2) is 37.0 Å². The summed E-state index contributed by atoms with van der Waals surface area (Å²) in [5.74, 6) is -0.170. The number of nitrogens with one attached hydrogen (secondary N) is 2. The fraction of sp³-hybridized carbons (Fsp3) is 0.533. The molecule has 22 heavy (non-hydrogen) atoms. The van der Waals surface area contributed by atoms with Crippen molar-refractivity contribution in [3.63, 3.8) is 0 Å². The van der Waals surface area contributed by atoms with E-state index in [9.17, 15) is 14.9 Å². The van der Waals surface area contributed by atoms with Gasteiger partial charge in [-0.1, -0.05) is 20.8 Å². The van der Waals surface area contributed by atoms with Crippen LogP contribution in [0.4, 0.5) is 17.1 Å². The molecular weight excluding hydrogens is 284 g/mol. The van der Waals surface area contributed by atoms with E-state index in [1.807, 2.05) is 4.90 Å². The first-order valence-electron chi connectivity index (χ1n) is 7.34. The van der Waals surface area contributed by atoms with Gasteiger partial charge in [0.2, 0.25) is 5.91 Å². The summed E-state index contributed by atoms with van der Waals surface area (Å²) in [5, 5.41) is 17.3. The van der Waals surface area contributed by atoms with Gasteiger partial charge in [-0.2, -0.15) is 0 Å². The lowest BCUT2D eigenvalue weighted by molar-refractivity contribution is -0.384. The Bertz CT molecular complexity index is 575. The summed E-state index contributed by atoms with van der Waals surface area (Å²) in [5.41, 5.74) is 0.519. The summed E-state index contributed by atoms with van der Waals surface area (Å²) >= 11 is 0. The van der Waals surface area contributed by atoms with Crippen LogP contribution in [0.1, 0.15) is 20.8 Å². The molecule has 1 aromatic rings. The number of anilines is 2. The predicted molar refractivity (Wildman–Crippen MR) is 86.3 cm³/mol. The van der Waals surface area contributed by atoms with Gasteiger partial charge < -0.3 is 15.5 Å². The van der Waals surface area contributed by atoms with Gasteiger partial charge in [0.05, 0.1) is 4.92 Å².